The van der Waals surface area contributed by atoms with Gasteiger partial charge in [-0.15, -0.1) is 0 Å². The number of hydrogen-bond acceptors (Lipinski definition) is 1. The lowest BCUT2D eigenvalue weighted by Gasteiger charge is -2.26. The molecule has 0 saturated carbocycles. The zero-order valence-corrected chi connectivity index (χ0v) is 9.29. The number of nitrogens with two attached hydrogens (primary N) is 1. The summed E-state index contributed by atoms with van der Waals surface area (Å²) in [4.78, 5) is 0. The van der Waals surface area contributed by atoms with Crippen LogP contribution in [0, 0.1) is 5.82 Å². The first kappa shape index (κ1) is 16.6. The monoisotopic (exact) mass is 311 g/mol. The SMILES string of the molecule is N[C@H](c1ccc(C(F)(F)F)c(F)c1)C(F)(F)C(F)(F)F. The fourth-order valence-electron chi connectivity index (χ4n) is 1.34. The Bertz CT molecular complexity index is 488. The van der Waals surface area contributed by atoms with Crippen molar-refractivity contribution in [2.24, 2.45) is 5.73 Å². The lowest BCUT2D eigenvalue weighted by Crippen LogP contribution is -2.45. The van der Waals surface area contributed by atoms with Gasteiger partial charge in [0.15, 0.2) is 0 Å². The van der Waals surface area contributed by atoms with E-state index in [2.05, 4.69) is 5.73 Å². The zero-order chi connectivity index (χ0) is 15.9. The fourth-order valence-corrected chi connectivity index (χ4v) is 1.34. The van der Waals surface area contributed by atoms with Crippen LogP contribution >= 0.6 is 0 Å². The predicted octanol–water partition coefficient (Wildman–Crippen LogP) is 4.04. The van der Waals surface area contributed by atoms with Gasteiger partial charge in [0.1, 0.15) is 11.9 Å². The molecule has 0 aliphatic rings. The van der Waals surface area contributed by atoms with E-state index in [0.29, 0.717) is 0 Å². The van der Waals surface area contributed by atoms with Gasteiger partial charge in [0, 0.05) is 0 Å². The van der Waals surface area contributed by atoms with E-state index in [-0.39, 0.29) is 18.2 Å². The summed E-state index contributed by atoms with van der Waals surface area (Å²) in [5, 5.41) is 0. The lowest BCUT2D eigenvalue weighted by molar-refractivity contribution is -0.291. The van der Waals surface area contributed by atoms with Gasteiger partial charge in [-0.25, -0.2) is 4.39 Å². The molecule has 0 spiro atoms. The van der Waals surface area contributed by atoms with Crippen molar-refractivity contribution in [1.29, 1.82) is 0 Å². The quantitative estimate of drug-likeness (QED) is 0.820. The third-order valence-corrected chi connectivity index (χ3v) is 2.43. The molecule has 0 amide bonds. The highest BCUT2D eigenvalue weighted by molar-refractivity contribution is 5.29. The van der Waals surface area contributed by atoms with Crippen molar-refractivity contribution in [3.05, 3.63) is 35.1 Å². The molecule has 0 unspecified atom stereocenters. The highest BCUT2D eigenvalue weighted by Gasteiger charge is 2.61. The average molecular weight is 311 g/mol. The van der Waals surface area contributed by atoms with Crippen LogP contribution in [0.3, 0.4) is 0 Å². The third kappa shape index (κ3) is 3.00. The van der Waals surface area contributed by atoms with Gasteiger partial charge in [0.25, 0.3) is 0 Å². The van der Waals surface area contributed by atoms with Gasteiger partial charge in [0.05, 0.1) is 5.56 Å². The summed E-state index contributed by atoms with van der Waals surface area (Å²) >= 11 is 0. The van der Waals surface area contributed by atoms with Gasteiger partial charge in [0.2, 0.25) is 0 Å². The summed E-state index contributed by atoms with van der Waals surface area (Å²) in [6.07, 6.45) is -11.1. The van der Waals surface area contributed by atoms with Gasteiger partial charge in [-0.2, -0.15) is 35.1 Å². The molecule has 1 atom stereocenters. The van der Waals surface area contributed by atoms with Crippen LogP contribution in [0.5, 0.6) is 0 Å². The summed E-state index contributed by atoms with van der Waals surface area (Å²) in [5.41, 5.74) is 1.78. The Labute approximate surface area is 106 Å². The van der Waals surface area contributed by atoms with Gasteiger partial charge >= 0.3 is 18.3 Å². The molecule has 0 aliphatic heterocycles. The molecule has 0 aliphatic carbocycles. The Morgan fingerprint density at radius 3 is 1.75 bits per heavy atom. The topological polar surface area (TPSA) is 26.0 Å². The minimum absolute atomic E-state index is 0.0526. The molecule has 0 bridgehead atoms. The first-order chi connectivity index (χ1) is 8.78. The van der Waals surface area contributed by atoms with Crippen LogP contribution in [0.25, 0.3) is 0 Å². The molecular weight excluding hydrogens is 305 g/mol. The van der Waals surface area contributed by atoms with Gasteiger partial charge in [-0.1, -0.05) is 6.07 Å². The third-order valence-electron chi connectivity index (χ3n) is 2.43. The van der Waals surface area contributed by atoms with Crippen LogP contribution in [-0.2, 0) is 6.18 Å². The first-order valence-electron chi connectivity index (χ1n) is 4.85. The van der Waals surface area contributed by atoms with Crippen molar-refractivity contribution in [3.63, 3.8) is 0 Å². The number of halogens is 9. The summed E-state index contributed by atoms with van der Waals surface area (Å²) in [6, 6.07) is -2.78. The molecule has 0 saturated heterocycles. The maximum atomic E-state index is 13.1. The summed E-state index contributed by atoms with van der Waals surface area (Å²) in [6.45, 7) is 0. The van der Waals surface area contributed by atoms with Crippen LogP contribution in [0.2, 0.25) is 0 Å². The van der Waals surface area contributed by atoms with Crippen molar-refractivity contribution in [2.75, 3.05) is 0 Å². The molecule has 1 aromatic rings. The molecule has 0 radical (unpaired) electrons. The molecule has 2 N–H and O–H groups in total. The van der Waals surface area contributed by atoms with E-state index >= 15 is 0 Å². The molecule has 0 heterocycles. The van der Waals surface area contributed by atoms with Crippen LogP contribution in [0.4, 0.5) is 39.5 Å². The summed E-state index contributed by atoms with van der Waals surface area (Å²) < 4.78 is 112. The van der Waals surface area contributed by atoms with Crippen molar-refractivity contribution >= 4 is 0 Å². The maximum absolute atomic E-state index is 13.1. The molecule has 1 aromatic carbocycles. The smallest absolute Gasteiger partial charge is 0.319 e. The Morgan fingerprint density at radius 1 is 0.900 bits per heavy atom. The largest absolute Gasteiger partial charge is 0.455 e. The maximum Gasteiger partial charge on any atom is 0.455 e. The molecule has 1 rings (SSSR count). The van der Waals surface area contributed by atoms with Crippen LogP contribution in [0.15, 0.2) is 18.2 Å². The molecule has 10 heteroatoms. The fraction of sp³-hybridized carbons (Fsp3) is 0.400. The van der Waals surface area contributed by atoms with E-state index in [1.165, 1.54) is 0 Å². The second kappa shape index (κ2) is 4.83. The molecule has 114 valence electrons. The van der Waals surface area contributed by atoms with Gasteiger partial charge in [-0.05, 0) is 17.7 Å². The van der Waals surface area contributed by atoms with Crippen molar-refractivity contribution in [3.8, 4) is 0 Å². The number of alkyl halides is 8. The number of hydrogen-bond donors (Lipinski definition) is 1. The molecule has 0 aromatic heterocycles. The highest BCUT2D eigenvalue weighted by Crippen LogP contribution is 2.43. The minimum Gasteiger partial charge on any atom is -0.319 e. The average Bonchev–Trinajstić information content (AvgIpc) is 2.24. The summed E-state index contributed by atoms with van der Waals surface area (Å²) in [7, 11) is 0. The van der Waals surface area contributed by atoms with Crippen molar-refractivity contribution in [2.45, 2.75) is 24.3 Å². The Morgan fingerprint density at radius 2 is 1.40 bits per heavy atom. The van der Waals surface area contributed by atoms with Gasteiger partial charge < -0.3 is 5.73 Å². The lowest BCUT2D eigenvalue weighted by atomic mass is 9.99. The molecule has 20 heavy (non-hydrogen) atoms. The van der Waals surface area contributed by atoms with E-state index < -0.39 is 41.3 Å². The van der Waals surface area contributed by atoms with E-state index in [1.54, 1.807) is 0 Å². The Kier molecular flexibility index (Phi) is 4.01. The first-order valence-corrected chi connectivity index (χ1v) is 4.85. The number of benzene rings is 1. The zero-order valence-electron chi connectivity index (χ0n) is 9.29. The molecular formula is C10H6F9N. The number of rotatable bonds is 2. The normalized spacial score (nSPS) is 15.3. The highest BCUT2D eigenvalue weighted by atomic mass is 19.4. The minimum atomic E-state index is -6.01. The van der Waals surface area contributed by atoms with Crippen LogP contribution in [0.1, 0.15) is 17.2 Å². The van der Waals surface area contributed by atoms with E-state index in [9.17, 15) is 39.5 Å². The van der Waals surface area contributed by atoms with Crippen LogP contribution < -0.4 is 5.73 Å². The Balaban J connectivity index is 3.21. The van der Waals surface area contributed by atoms with E-state index in [1.807, 2.05) is 0 Å². The Hall–Kier alpha value is -1.45. The van der Waals surface area contributed by atoms with E-state index in [0.717, 1.165) is 0 Å². The predicted molar refractivity (Wildman–Crippen MR) is 49.3 cm³/mol. The van der Waals surface area contributed by atoms with Crippen LogP contribution in [-0.4, -0.2) is 12.1 Å². The van der Waals surface area contributed by atoms with Crippen molar-refractivity contribution < 1.29 is 39.5 Å². The molecule has 1 nitrogen and oxygen atoms in total. The second-order valence-electron chi connectivity index (χ2n) is 3.84. The standard InChI is InChI=1S/C10H6F9N/c11-6-3-4(1-2-5(6)9(14,15)16)7(20)8(12,13)10(17,18)19/h1-3,7H,20H2/t7-/m1/s1. The summed E-state index contributed by atoms with van der Waals surface area (Å²) in [5.74, 6) is -7.39. The van der Waals surface area contributed by atoms with E-state index in [4.69, 9.17) is 0 Å². The van der Waals surface area contributed by atoms with Gasteiger partial charge in [-0.3, -0.25) is 0 Å². The van der Waals surface area contributed by atoms with Crippen molar-refractivity contribution in [1.82, 2.24) is 0 Å². The second-order valence-corrected chi connectivity index (χ2v) is 3.84. The molecule has 0 fully saturated rings.